The number of nitrogens with two attached hydrogens (primary N) is 1. The van der Waals surface area contributed by atoms with E-state index in [9.17, 15) is 4.39 Å². The fourth-order valence-corrected chi connectivity index (χ4v) is 1.65. The number of hydrogen-bond donors (Lipinski definition) is 1. The van der Waals surface area contributed by atoms with Gasteiger partial charge in [0.15, 0.2) is 17.3 Å². The number of halogens is 1. The highest BCUT2D eigenvalue weighted by molar-refractivity contribution is 5.65. The molecule has 0 aliphatic heterocycles. The van der Waals surface area contributed by atoms with Crippen LogP contribution in [-0.4, -0.2) is 19.2 Å². The summed E-state index contributed by atoms with van der Waals surface area (Å²) in [5.41, 5.74) is 6.58. The third-order valence-corrected chi connectivity index (χ3v) is 2.52. The number of aromatic nitrogens is 1. The van der Waals surface area contributed by atoms with Crippen LogP contribution < -0.4 is 15.2 Å². The molecule has 0 unspecified atom stereocenters. The van der Waals surface area contributed by atoms with Crippen molar-refractivity contribution >= 4 is 5.69 Å². The lowest BCUT2D eigenvalue weighted by Crippen LogP contribution is -1.95. The minimum absolute atomic E-state index is 0.227. The largest absolute Gasteiger partial charge is 0.493 e. The molecule has 18 heavy (non-hydrogen) atoms. The summed E-state index contributed by atoms with van der Waals surface area (Å²) in [6.07, 6.45) is 1.41. The van der Waals surface area contributed by atoms with Gasteiger partial charge in [0, 0.05) is 11.6 Å². The number of nitrogen functional groups attached to an aromatic ring is 1. The fourth-order valence-electron chi connectivity index (χ4n) is 1.65. The average Bonchev–Trinajstić information content (AvgIpc) is 2.38. The Morgan fingerprint density at radius 1 is 1.11 bits per heavy atom. The van der Waals surface area contributed by atoms with Gasteiger partial charge in [0.1, 0.15) is 5.69 Å². The molecule has 2 aromatic rings. The first-order valence-corrected chi connectivity index (χ1v) is 5.29. The maximum Gasteiger partial charge on any atom is 0.161 e. The third-order valence-electron chi connectivity index (χ3n) is 2.52. The Labute approximate surface area is 104 Å². The summed E-state index contributed by atoms with van der Waals surface area (Å²) in [7, 11) is 3.06. The number of benzene rings is 1. The van der Waals surface area contributed by atoms with Gasteiger partial charge in [-0.25, -0.2) is 4.39 Å². The van der Waals surface area contributed by atoms with E-state index < -0.39 is 5.82 Å². The Morgan fingerprint density at radius 2 is 1.83 bits per heavy atom. The van der Waals surface area contributed by atoms with Crippen molar-refractivity contribution in [2.75, 3.05) is 20.0 Å². The molecule has 0 aliphatic carbocycles. The van der Waals surface area contributed by atoms with Gasteiger partial charge in [-0.05, 0) is 18.2 Å². The molecule has 0 aliphatic rings. The van der Waals surface area contributed by atoms with Gasteiger partial charge in [0.05, 0.1) is 26.1 Å². The number of methoxy groups -OCH3 is 2. The predicted molar refractivity (Wildman–Crippen MR) is 67.1 cm³/mol. The summed E-state index contributed by atoms with van der Waals surface area (Å²) in [6, 6.07) is 6.31. The molecule has 0 amide bonds. The summed E-state index contributed by atoms with van der Waals surface area (Å²) in [5, 5.41) is 0. The Morgan fingerprint density at radius 3 is 2.44 bits per heavy atom. The number of rotatable bonds is 3. The summed E-state index contributed by atoms with van der Waals surface area (Å²) >= 11 is 0. The minimum atomic E-state index is -0.470. The van der Waals surface area contributed by atoms with Crippen LogP contribution in [0.4, 0.5) is 10.1 Å². The standard InChI is InChI=1S/C13H13FN2O2/c1-17-11-4-3-8(5-12(11)18-2)13-10(14)6-9(15)7-16-13/h3-7H,15H2,1-2H3. The monoisotopic (exact) mass is 248 g/mol. The van der Waals surface area contributed by atoms with Crippen LogP contribution in [0.15, 0.2) is 30.5 Å². The Kier molecular flexibility index (Phi) is 3.32. The van der Waals surface area contributed by atoms with Gasteiger partial charge in [0.25, 0.3) is 0 Å². The zero-order chi connectivity index (χ0) is 13.1. The van der Waals surface area contributed by atoms with E-state index >= 15 is 0 Å². The average molecular weight is 248 g/mol. The van der Waals surface area contributed by atoms with E-state index in [4.69, 9.17) is 15.2 Å². The van der Waals surface area contributed by atoms with Crippen molar-refractivity contribution in [1.82, 2.24) is 4.98 Å². The minimum Gasteiger partial charge on any atom is -0.493 e. The molecule has 4 nitrogen and oxygen atoms in total. The van der Waals surface area contributed by atoms with Gasteiger partial charge in [0.2, 0.25) is 0 Å². The van der Waals surface area contributed by atoms with Crippen LogP contribution in [0.2, 0.25) is 0 Å². The van der Waals surface area contributed by atoms with Crippen molar-refractivity contribution in [1.29, 1.82) is 0 Å². The molecule has 1 heterocycles. The lowest BCUT2D eigenvalue weighted by atomic mass is 10.1. The van der Waals surface area contributed by atoms with Crippen molar-refractivity contribution in [3.63, 3.8) is 0 Å². The molecule has 0 atom stereocenters. The Hall–Kier alpha value is -2.30. The maximum atomic E-state index is 13.7. The van der Waals surface area contributed by atoms with Gasteiger partial charge < -0.3 is 15.2 Å². The van der Waals surface area contributed by atoms with E-state index in [1.165, 1.54) is 19.4 Å². The van der Waals surface area contributed by atoms with Crippen LogP contribution in [0.3, 0.4) is 0 Å². The molecule has 5 heteroatoms. The highest BCUT2D eigenvalue weighted by Gasteiger charge is 2.11. The molecule has 0 fully saturated rings. The van der Waals surface area contributed by atoms with E-state index in [0.29, 0.717) is 17.1 Å². The van der Waals surface area contributed by atoms with E-state index in [1.54, 1.807) is 25.3 Å². The molecule has 0 spiro atoms. The van der Waals surface area contributed by atoms with E-state index in [1.807, 2.05) is 0 Å². The number of anilines is 1. The topological polar surface area (TPSA) is 57.4 Å². The second-order valence-corrected chi connectivity index (χ2v) is 3.67. The van der Waals surface area contributed by atoms with Gasteiger partial charge in [-0.15, -0.1) is 0 Å². The number of ether oxygens (including phenoxy) is 2. The lowest BCUT2D eigenvalue weighted by molar-refractivity contribution is 0.355. The smallest absolute Gasteiger partial charge is 0.161 e. The molecular formula is C13H13FN2O2. The second-order valence-electron chi connectivity index (χ2n) is 3.67. The zero-order valence-corrected chi connectivity index (χ0v) is 10.1. The first-order chi connectivity index (χ1) is 8.65. The van der Waals surface area contributed by atoms with E-state index in [-0.39, 0.29) is 11.4 Å². The van der Waals surface area contributed by atoms with Gasteiger partial charge in [-0.3, -0.25) is 4.98 Å². The molecular weight excluding hydrogens is 235 g/mol. The van der Waals surface area contributed by atoms with Crippen molar-refractivity contribution < 1.29 is 13.9 Å². The summed E-state index contributed by atoms with van der Waals surface area (Å²) in [6.45, 7) is 0. The predicted octanol–water partition coefficient (Wildman–Crippen LogP) is 2.49. The van der Waals surface area contributed by atoms with Crippen molar-refractivity contribution in [2.45, 2.75) is 0 Å². The SMILES string of the molecule is COc1ccc(-c2ncc(N)cc2F)cc1OC. The third kappa shape index (κ3) is 2.20. The zero-order valence-electron chi connectivity index (χ0n) is 10.1. The van der Waals surface area contributed by atoms with Crippen molar-refractivity contribution in [3.05, 3.63) is 36.3 Å². The van der Waals surface area contributed by atoms with Crippen LogP contribution >= 0.6 is 0 Å². The van der Waals surface area contributed by atoms with Crippen LogP contribution in [0.25, 0.3) is 11.3 Å². The van der Waals surface area contributed by atoms with Crippen molar-refractivity contribution in [2.24, 2.45) is 0 Å². The molecule has 2 N–H and O–H groups in total. The fraction of sp³-hybridized carbons (Fsp3) is 0.154. The Bertz CT molecular complexity index is 573. The van der Waals surface area contributed by atoms with Gasteiger partial charge in [-0.2, -0.15) is 0 Å². The van der Waals surface area contributed by atoms with Crippen molar-refractivity contribution in [3.8, 4) is 22.8 Å². The number of pyridine rings is 1. The van der Waals surface area contributed by atoms with E-state index in [2.05, 4.69) is 4.98 Å². The van der Waals surface area contributed by atoms with E-state index in [0.717, 1.165) is 0 Å². The normalized spacial score (nSPS) is 10.2. The Balaban J connectivity index is 2.51. The van der Waals surface area contributed by atoms with Crippen LogP contribution in [0, 0.1) is 5.82 Å². The first kappa shape index (κ1) is 12.2. The van der Waals surface area contributed by atoms with Gasteiger partial charge >= 0.3 is 0 Å². The molecule has 94 valence electrons. The molecule has 0 saturated carbocycles. The summed E-state index contributed by atoms with van der Waals surface area (Å²) in [5.74, 6) is 0.632. The highest BCUT2D eigenvalue weighted by atomic mass is 19.1. The highest BCUT2D eigenvalue weighted by Crippen LogP contribution is 2.32. The molecule has 1 aromatic heterocycles. The molecule has 2 rings (SSSR count). The van der Waals surface area contributed by atoms with Crippen LogP contribution in [0.1, 0.15) is 0 Å². The number of nitrogens with zero attached hydrogens (tertiary/aromatic N) is 1. The van der Waals surface area contributed by atoms with Crippen LogP contribution in [0.5, 0.6) is 11.5 Å². The maximum absolute atomic E-state index is 13.7. The molecule has 0 radical (unpaired) electrons. The van der Waals surface area contributed by atoms with Gasteiger partial charge in [-0.1, -0.05) is 0 Å². The lowest BCUT2D eigenvalue weighted by Gasteiger charge is -2.09. The molecule has 1 aromatic carbocycles. The molecule has 0 bridgehead atoms. The first-order valence-electron chi connectivity index (χ1n) is 5.29. The van der Waals surface area contributed by atoms with Crippen LogP contribution in [-0.2, 0) is 0 Å². The number of hydrogen-bond acceptors (Lipinski definition) is 4. The summed E-state index contributed by atoms with van der Waals surface area (Å²) in [4.78, 5) is 3.98. The summed E-state index contributed by atoms with van der Waals surface area (Å²) < 4.78 is 24.0. The quantitative estimate of drug-likeness (QED) is 0.906. The second kappa shape index (κ2) is 4.91. The molecule has 0 saturated heterocycles.